The lowest BCUT2D eigenvalue weighted by Gasteiger charge is -2.26. The molecule has 2 N–H and O–H groups in total. The summed E-state index contributed by atoms with van der Waals surface area (Å²) in [5.74, 6) is 0.852. The third-order valence-electron chi connectivity index (χ3n) is 4.89. The zero-order chi connectivity index (χ0) is 18.2. The Kier molecular flexibility index (Phi) is 16.3. The van der Waals surface area contributed by atoms with Crippen LogP contribution in [0.1, 0.15) is 98.3 Å². The number of aliphatic hydroxyl groups excluding tert-OH is 2. The second-order valence-corrected chi connectivity index (χ2v) is 7.89. The van der Waals surface area contributed by atoms with Crippen LogP contribution >= 0.6 is 0 Å². The van der Waals surface area contributed by atoms with E-state index in [1.54, 1.807) is 0 Å². The molecule has 0 fully saturated rings. The summed E-state index contributed by atoms with van der Waals surface area (Å²) in [4.78, 5) is 2.24. The Bertz CT molecular complexity index is 246. The van der Waals surface area contributed by atoms with Crippen LogP contribution < -0.4 is 0 Å². The summed E-state index contributed by atoms with van der Waals surface area (Å²) in [5.41, 5.74) is 0. The van der Waals surface area contributed by atoms with E-state index in [9.17, 15) is 10.2 Å². The third-order valence-corrected chi connectivity index (χ3v) is 4.89. The molecule has 0 radical (unpaired) electrons. The van der Waals surface area contributed by atoms with Crippen LogP contribution in [0.3, 0.4) is 0 Å². The van der Waals surface area contributed by atoms with Gasteiger partial charge in [0.15, 0.2) is 0 Å². The van der Waals surface area contributed by atoms with Gasteiger partial charge in [-0.2, -0.15) is 0 Å². The molecule has 3 heteroatoms. The molecule has 0 saturated heterocycles. The molecular weight excluding hydrogens is 298 g/mol. The first kappa shape index (κ1) is 23.9. The van der Waals surface area contributed by atoms with E-state index in [0.717, 1.165) is 25.3 Å². The molecule has 24 heavy (non-hydrogen) atoms. The molecule has 0 saturated carbocycles. The van der Waals surface area contributed by atoms with E-state index < -0.39 is 0 Å². The van der Waals surface area contributed by atoms with E-state index in [1.807, 2.05) is 13.8 Å². The van der Waals surface area contributed by atoms with Gasteiger partial charge in [0.1, 0.15) is 0 Å². The summed E-state index contributed by atoms with van der Waals surface area (Å²) in [5, 5.41) is 19.7. The van der Waals surface area contributed by atoms with Gasteiger partial charge in [0, 0.05) is 13.1 Å². The summed E-state index contributed by atoms with van der Waals surface area (Å²) in [6, 6.07) is 0. The van der Waals surface area contributed by atoms with Crippen LogP contribution in [0.25, 0.3) is 0 Å². The molecular formula is C21H45NO2. The third kappa shape index (κ3) is 15.4. The second kappa shape index (κ2) is 16.4. The van der Waals surface area contributed by atoms with Crippen LogP contribution in [0, 0.1) is 5.92 Å². The van der Waals surface area contributed by atoms with Gasteiger partial charge in [-0.15, -0.1) is 0 Å². The molecule has 0 aromatic rings. The quantitative estimate of drug-likeness (QED) is 0.365. The van der Waals surface area contributed by atoms with Gasteiger partial charge in [0.25, 0.3) is 0 Å². The molecule has 0 aliphatic heterocycles. The van der Waals surface area contributed by atoms with Crippen LogP contribution in [0.15, 0.2) is 0 Å². The van der Waals surface area contributed by atoms with Crippen molar-refractivity contribution in [2.75, 3.05) is 19.6 Å². The summed E-state index contributed by atoms with van der Waals surface area (Å²) >= 11 is 0. The highest BCUT2D eigenvalue weighted by Gasteiger charge is 2.13. The van der Waals surface area contributed by atoms with Gasteiger partial charge in [-0.05, 0) is 31.7 Å². The van der Waals surface area contributed by atoms with Crippen molar-refractivity contribution < 1.29 is 10.2 Å². The zero-order valence-corrected chi connectivity index (χ0v) is 17.0. The van der Waals surface area contributed by atoms with Crippen molar-refractivity contribution in [3.8, 4) is 0 Å². The minimum absolute atomic E-state index is 0.264. The number of hydrogen-bond acceptors (Lipinski definition) is 3. The van der Waals surface area contributed by atoms with Crippen LogP contribution in [0.4, 0.5) is 0 Å². The number of rotatable bonds is 17. The average molecular weight is 344 g/mol. The van der Waals surface area contributed by atoms with Crippen molar-refractivity contribution >= 4 is 0 Å². The minimum atomic E-state index is -0.264. The highest BCUT2D eigenvalue weighted by Crippen LogP contribution is 2.13. The standard InChI is InChI=1S/C21H45NO2/c1-5-20(23)17-22(18-21(24)6-2)16-14-12-10-8-7-9-11-13-15-19(3)4/h19-21,23-24H,5-18H2,1-4H3. The summed E-state index contributed by atoms with van der Waals surface area (Å²) in [6.45, 7) is 11.0. The van der Waals surface area contributed by atoms with Gasteiger partial charge in [-0.3, -0.25) is 4.90 Å². The average Bonchev–Trinajstić information content (AvgIpc) is 2.55. The highest BCUT2D eigenvalue weighted by molar-refractivity contribution is 4.68. The van der Waals surface area contributed by atoms with E-state index in [2.05, 4.69) is 18.7 Å². The fourth-order valence-corrected chi connectivity index (χ4v) is 3.06. The van der Waals surface area contributed by atoms with Gasteiger partial charge in [-0.25, -0.2) is 0 Å². The highest BCUT2D eigenvalue weighted by atomic mass is 16.3. The molecule has 0 aliphatic rings. The lowest BCUT2D eigenvalue weighted by atomic mass is 10.0. The fourth-order valence-electron chi connectivity index (χ4n) is 3.06. The molecule has 0 spiro atoms. The maximum absolute atomic E-state index is 9.87. The van der Waals surface area contributed by atoms with Gasteiger partial charge < -0.3 is 10.2 Å². The van der Waals surface area contributed by atoms with Crippen LogP contribution in [0.2, 0.25) is 0 Å². The van der Waals surface area contributed by atoms with Crippen LogP contribution in [-0.4, -0.2) is 47.0 Å². The molecule has 0 rings (SSSR count). The lowest BCUT2D eigenvalue weighted by Crippen LogP contribution is -2.38. The van der Waals surface area contributed by atoms with Crippen LogP contribution in [-0.2, 0) is 0 Å². The van der Waals surface area contributed by atoms with E-state index >= 15 is 0 Å². The first-order chi connectivity index (χ1) is 11.5. The zero-order valence-electron chi connectivity index (χ0n) is 17.0. The number of unbranched alkanes of at least 4 members (excludes halogenated alkanes) is 7. The molecule has 0 heterocycles. The van der Waals surface area contributed by atoms with Crippen molar-refractivity contribution in [3.05, 3.63) is 0 Å². The Morgan fingerprint density at radius 2 is 1.08 bits per heavy atom. The van der Waals surface area contributed by atoms with E-state index in [-0.39, 0.29) is 12.2 Å². The Labute approximate surface area is 151 Å². The maximum atomic E-state index is 9.87. The van der Waals surface area contributed by atoms with Crippen molar-refractivity contribution in [3.63, 3.8) is 0 Å². The molecule has 146 valence electrons. The predicted molar refractivity (Wildman–Crippen MR) is 105 cm³/mol. The molecule has 0 aromatic carbocycles. The van der Waals surface area contributed by atoms with E-state index in [1.165, 1.54) is 57.8 Å². The first-order valence-corrected chi connectivity index (χ1v) is 10.6. The second-order valence-electron chi connectivity index (χ2n) is 7.89. The number of aliphatic hydroxyl groups is 2. The predicted octanol–water partition coefficient (Wildman–Crippen LogP) is 5.00. The molecule has 3 nitrogen and oxygen atoms in total. The number of nitrogens with zero attached hydrogens (tertiary/aromatic N) is 1. The first-order valence-electron chi connectivity index (χ1n) is 10.6. The molecule has 0 amide bonds. The minimum Gasteiger partial charge on any atom is -0.392 e. The Morgan fingerprint density at radius 1 is 0.667 bits per heavy atom. The van der Waals surface area contributed by atoms with E-state index in [0.29, 0.717) is 13.1 Å². The molecule has 0 aliphatic carbocycles. The summed E-state index contributed by atoms with van der Waals surface area (Å²) in [7, 11) is 0. The Balaban J connectivity index is 3.64. The van der Waals surface area contributed by atoms with E-state index in [4.69, 9.17) is 0 Å². The Hall–Kier alpha value is -0.120. The van der Waals surface area contributed by atoms with Crippen molar-refractivity contribution in [1.82, 2.24) is 4.90 Å². The topological polar surface area (TPSA) is 43.7 Å². The number of hydrogen-bond donors (Lipinski definition) is 2. The Morgan fingerprint density at radius 3 is 1.50 bits per heavy atom. The van der Waals surface area contributed by atoms with Crippen molar-refractivity contribution in [2.45, 2.75) is 111 Å². The van der Waals surface area contributed by atoms with Gasteiger partial charge >= 0.3 is 0 Å². The fraction of sp³-hybridized carbons (Fsp3) is 1.00. The summed E-state index contributed by atoms with van der Waals surface area (Å²) in [6.07, 6.45) is 13.1. The summed E-state index contributed by atoms with van der Waals surface area (Å²) < 4.78 is 0. The van der Waals surface area contributed by atoms with Gasteiger partial charge in [0.05, 0.1) is 12.2 Å². The van der Waals surface area contributed by atoms with Gasteiger partial charge in [-0.1, -0.05) is 79.1 Å². The monoisotopic (exact) mass is 343 g/mol. The molecule has 2 unspecified atom stereocenters. The van der Waals surface area contributed by atoms with Gasteiger partial charge in [0.2, 0.25) is 0 Å². The maximum Gasteiger partial charge on any atom is 0.0664 e. The van der Waals surface area contributed by atoms with Crippen molar-refractivity contribution in [2.24, 2.45) is 5.92 Å². The largest absolute Gasteiger partial charge is 0.392 e. The lowest BCUT2D eigenvalue weighted by molar-refractivity contribution is 0.0654. The van der Waals surface area contributed by atoms with Crippen LogP contribution in [0.5, 0.6) is 0 Å². The smallest absolute Gasteiger partial charge is 0.0664 e. The SMILES string of the molecule is CCC(O)CN(CCCCCCCCCCC(C)C)CC(O)CC. The van der Waals surface area contributed by atoms with Crippen molar-refractivity contribution in [1.29, 1.82) is 0 Å². The molecule has 2 atom stereocenters. The molecule has 0 bridgehead atoms. The normalized spacial score (nSPS) is 14.5. The molecule has 0 aromatic heterocycles.